The highest BCUT2D eigenvalue weighted by atomic mass is 16.1. The second-order valence-corrected chi connectivity index (χ2v) is 2.68. The van der Waals surface area contributed by atoms with E-state index in [9.17, 15) is 4.79 Å². The number of hydrogen-bond acceptors (Lipinski definition) is 2. The van der Waals surface area contributed by atoms with Gasteiger partial charge < -0.3 is 0 Å². The molecule has 1 fully saturated rings. The zero-order valence-corrected chi connectivity index (χ0v) is 6.34. The molecule has 10 heavy (non-hydrogen) atoms. The Morgan fingerprint density at radius 3 is 3.00 bits per heavy atom. The summed E-state index contributed by atoms with van der Waals surface area (Å²) in [5.41, 5.74) is 0. The maximum atomic E-state index is 11.0. The van der Waals surface area contributed by atoms with E-state index >= 15 is 0 Å². The van der Waals surface area contributed by atoms with Crippen molar-refractivity contribution in [1.82, 2.24) is 4.90 Å². The molecular formula is C8H13NO. The molecule has 2 nitrogen and oxygen atoms in total. The van der Waals surface area contributed by atoms with Crippen LogP contribution in [0.4, 0.5) is 0 Å². The molecule has 56 valence electrons. The van der Waals surface area contributed by atoms with Crippen molar-refractivity contribution in [3.8, 4) is 0 Å². The minimum atomic E-state index is 0.123. The van der Waals surface area contributed by atoms with Gasteiger partial charge in [-0.15, -0.1) is 6.58 Å². The van der Waals surface area contributed by atoms with Gasteiger partial charge in [0.1, 0.15) is 0 Å². The molecule has 0 saturated carbocycles. The summed E-state index contributed by atoms with van der Waals surface area (Å²) in [5.74, 6) is 0.363. The number of carbonyl (C=O) groups excluding carboxylic acids is 1. The first-order valence-corrected chi connectivity index (χ1v) is 3.63. The van der Waals surface area contributed by atoms with Crippen molar-refractivity contribution in [2.75, 3.05) is 13.1 Å². The van der Waals surface area contributed by atoms with Crippen LogP contribution >= 0.6 is 0 Å². The minimum Gasteiger partial charge on any atom is -0.298 e. The average molecular weight is 139 g/mol. The van der Waals surface area contributed by atoms with E-state index < -0.39 is 0 Å². The Kier molecular flexibility index (Phi) is 2.22. The first kappa shape index (κ1) is 7.48. The van der Waals surface area contributed by atoms with Crippen LogP contribution in [0, 0.1) is 0 Å². The number of Topliss-reactive ketones (excluding diaryl/α,β-unsaturated/α-hetero) is 1. The summed E-state index contributed by atoms with van der Waals surface area (Å²) >= 11 is 0. The normalized spacial score (nSPS) is 27.3. The van der Waals surface area contributed by atoms with Gasteiger partial charge in [-0.3, -0.25) is 9.69 Å². The van der Waals surface area contributed by atoms with Gasteiger partial charge in [-0.25, -0.2) is 0 Å². The van der Waals surface area contributed by atoms with Gasteiger partial charge in [0.25, 0.3) is 0 Å². The summed E-state index contributed by atoms with van der Waals surface area (Å²) in [6.07, 6.45) is 2.56. The summed E-state index contributed by atoms with van der Waals surface area (Å²) in [7, 11) is 0. The van der Waals surface area contributed by atoms with Crippen LogP contribution in [0.3, 0.4) is 0 Å². The largest absolute Gasteiger partial charge is 0.298 e. The second kappa shape index (κ2) is 2.97. The maximum absolute atomic E-state index is 11.0. The van der Waals surface area contributed by atoms with Gasteiger partial charge >= 0.3 is 0 Å². The molecule has 0 aromatic rings. The zero-order valence-electron chi connectivity index (χ0n) is 6.34. The van der Waals surface area contributed by atoms with E-state index in [4.69, 9.17) is 0 Å². The van der Waals surface area contributed by atoms with Gasteiger partial charge in [0.15, 0.2) is 5.78 Å². The van der Waals surface area contributed by atoms with Crippen molar-refractivity contribution in [2.45, 2.75) is 19.4 Å². The van der Waals surface area contributed by atoms with Crippen LogP contribution in [0.2, 0.25) is 0 Å². The Morgan fingerprint density at radius 1 is 1.90 bits per heavy atom. The molecule has 1 unspecified atom stereocenters. The monoisotopic (exact) mass is 139 g/mol. The molecule has 0 N–H and O–H groups in total. The van der Waals surface area contributed by atoms with Crippen molar-refractivity contribution >= 4 is 5.78 Å². The number of ketones is 1. The quantitative estimate of drug-likeness (QED) is 0.528. The SMILES string of the molecule is C=CCN1CCC(=O)C1C. The molecule has 1 atom stereocenters. The third-order valence-corrected chi connectivity index (χ3v) is 2.02. The number of carbonyl (C=O) groups is 1. The van der Waals surface area contributed by atoms with Crippen molar-refractivity contribution in [3.63, 3.8) is 0 Å². The van der Waals surface area contributed by atoms with Crippen molar-refractivity contribution in [3.05, 3.63) is 12.7 Å². The lowest BCUT2D eigenvalue weighted by Gasteiger charge is -2.16. The van der Waals surface area contributed by atoms with Gasteiger partial charge in [-0.05, 0) is 6.92 Å². The zero-order chi connectivity index (χ0) is 7.56. The van der Waals surface area contributed by atoms with E-state index in [0.29, 0.717) is 5.78 Å². The van der Waals surface area contributed by atoms with Crippen LogP contribution in [-0.4, -0.2) is 29.8 Å². The van der Waals surface area contributed by atoms with E-state index in [1.807, 2.05) is 13.0 Å². The third-order valence-electron chi connectivity index (χ3n) is 2.02. The van der Waals surface area contributed by atoms with E-state index in [1.54, 1.807) is 0 Å². The number of hydrogen-bond donors (Lipinski definition) is 0. The van der Waals surface area contributed by atoms with Gasteiger partial charge in [0, 0.05) is 19.5 Å². The predicted molar refractivity (Wildman–Crippen MR) is 40.9 cm³/mol. The molecule has 0 spiro atoms. The maximum Gasteiger partial charge on any atom is 0.150 e. The fraction of sp³-hybridized carbons (Fsp3) is 0.625. The Balaban J connectivity index is 2.48. The number of likely N-dealkylation sites (tertiary alicyclic amines) is 1. The van der Waals surface area contributed by atoms with Crippen LogP contribution in [0.1, 0.15) is 13.3 Å². The van der Waals surface area contributed by atoms with Gasteiger partial charge in [-0.1, -0.05) is 6.08 Å². The van der Waals surface area contributed by atoms with E-state index in [2.05, 4.69) is 11.5 Å². The summed E-state index contributed by atoms with van der Waals surface area (Å²) in [6, 6.07) is 0.123. The Bertz CT molecular complexity index is 153. The Morgan fingerprint density at radius 2 is 2.60 bits per heavy atom. The number of rotatable bonds is 2. The lowest BCUT2D eigenvalue weighted by atomic mass is 10.2. The van der Waals surface area contributed by atoms with Gasteiger partial charge in [-0.2, -0.15) is 0 Å². The Hall–Kier alpha value is -0.630. The van der Waals surface area contributed by atoms with Crippen LogP contribution in [0.15, 0.2) is 12.7 Å². The molecule has 1 aliphatic heterocycles. The lowest BCUT2D eigenvalue weighted by Crippen LogP contribution is -2.30. The number of nitrogens with zero attached hydrogens (tertiary/aromatic N) is 1. The van der Waals surface area contributed by atoms with E-state index in [-0.39, 0.29) is 6.04 Å². The Labute approximate surface area is 61.5 Å². The second-order valence-electron chi connectivity index (χ2n) is 2.68. The predicted octanol–water partition coefficient (Wildman–Crippen LogP) is 0.836. The summed E-state index contributed by atoms with van der Waals surface area (Å²) in [4.78, 5) is 13.1. The molecule has 0 amide bonds. The molecule has 1 heterocycles. The molecule has 1 rings (SSSR count). The van der Waals surface area contributed by atoms with Gasteiger partial charge in [0.05, 0.1) is 6.04 Å². The fourth-order valence-corrected chi connectivity index (χ4v) is 1.28. The molecule has 2 heteroatoms. The van der Waals surface area contributed by atoms with Crippen molar-refractivity contribution in [1.29, 1.82) is 0 Å². The highest BCUT2D eigenvalue weighted by molar-refractivity contribution is 5.85. The van der Waals surface area contributed by atoms with Crippen LogP contribution in [-0.2, 0) is 4.79 Å². The molecule has 0 aliphatic carbocycles. The smallest absolute Gasteiger partial charge is 0.150 e. The topological polar surface area (TPSA) is 20.3 Å². The molecule has 1 aliphatic rings. The van der Waals surface area contributed by atoms with E-state index in [0.717, 1.165) is 19.5 Å². The van der Waals surface area contributed by atoms with E-state index in [1.165, 1.54) is 0 Å². The molecule has 0 aromatic carbocycles. The van der Waals surface area contributed by atoms with Crippen molar-refractivity contribution < 1.29 is 4.79 Å². The first-order valence-electron chi connectivity index (χ1n) is 3.63. The first-order chi connectivity index (χ1) is 4.75. The summed E-state index contributed by atoms with van der Waals surface area (Å²) < 4.78 is 0. The summed E-state index contributed by atoms with van der Waals surface area (Å²) in [6.45, 7) is 7.34. The average Bonchev–Trinajstić information content (AvgIpc) is 2.20. The standard InChI is InChI=1S/C8H13NO/c1-3-5-9-6-4-8(10)7(9)2/h3,7H,1,4-6H2,2H3. The molecular weight excluding hydrogens is 126 g/mol. The molecule has 1 saturated heterocycles. The minimum absolute atomic E-state index is 0.123. The highest BCUT2D eigenvalue weighted by Gasteiger charge is 2.26. The van der Waals surface area contributed by atoms with Crippen molar-refractivity contribution in [2.24, 2.45) is 0 Å². The fourth-order valence-electron chi connectivity index (χ4n) is 1.28. The molecule has 0 aromatic heterocycles. The molecule has 0 radical (unpaired) electrons. The highest BCUT2D eigenvalue weighted by Crippen LogP contribution is 2.11. The lowest BCUT2D eigenvalue weighted by molar-refractivity contribution is -0.119. The van der Waals surface area contributed by atoms with Crippen LogP contribution in [0.25, 0.3) is 0 Å². The van der Waals surface area contributed by atoms with Gasteiger partial charge in [0.2, 0.25) is 0 Å². The van der Waals surface area contributed by atoms with Crippen LogP contribution < -0.4 is 0 Å². The molecule has 0 bridgehead atoms. The summed E-state index contributed by atoms with van der Waals surface area (Å²) in [5, 5.41) is 0. The van der Waals surface area contributed by atoms with Crippen LogP contribution in [0.5, 0.6) is 0 Å². The third kappa shape index (κ3) is 1.27.